The van der Waals surface area contributed by atoms with Gasteiger partial charge >= 0.3 is 0 Å². The van der Waals surface area contributed by atoms with Gasteiger partial charge in [-0.1, -0.05) is 44.2 Å². The number of amides is 2. The van der Waals surface area contributed by atoms with Gasteiger partial charge in [0.2, 0.25) is 5.91 Å². The number of methoxy groups -OCH3 is 1. The molecule has 0 bridgehead atoms. The van der Waals surface area contributed by atoms with E-state index in [1.54, 1.807) is 31.4 Å². The van der Waals surface area contributed by atoms with Crippen LogP contribution in [0.4, 0.5) is 0 Å². The fourth-order valence-electron chi connectivity index (χ4n) is 3.95. The molecule has 0 spiro atoms. The van der Waals surface area contributed by atoms with Crippen molar-refractivity contribution in [3.63, 3.8) is 0 Å². The summed E-state index contributed by atoms with van der Waals surface area (Å²) < 4.78 is 5.16. The fraction of sp³-hybridized carbons (Fsp3) is 0.417. The van der Waals surface area contributed by atoms with Crippen LogP contribution in [0.3, 0.4) is 0 Å². The fourth-order valence-corrected chi connectivity index (χ4v) is 3.95. The number of rotatable bonds is 7. The van der Waals surface area contributed by atoms with Gasteiger partial charge in [-0.2, -0.15) is 0 Å². The molecule has 1 aliphatic rings. The SMILES string of the molecule is CCN(CC)C(C(=O)N1CCN(C(=O)c2ccc(OC)cc2)CC1)c1ccccc1. The summed E-state index contributed by atoms with van der Waals surface area (Å²) in [6, 6.07) is 16.8. The van der Waals surface area contributed by atoms with Crippen molar-refractivity contribution in [2.24, 2.45) is 0 Å². The van der Waals surface area contributed by atoms with Crippen LogP contribution in [0.5, 0.6) is 5.75 Å². The zero-order valence-electron chi connectivity index (χ0n) is 18.1. The van der Waals surface area contributed by atoms with Gasteiger partial charge in [0.25, 0.3) is 5.91 Å². The second kappa shape index (κ2) is 10.3. The number of likely N-dealkylation sites (N-methyl/N-ethyl adjacent to an activating group) is 1. The summed E-state index contributed by atoms with van der Waals surface area (Å²) in [6.07, 6.45) is 0. The number of benzene rings is 2. The number of piperazine rings is 1. The third kappa shape index (κ3) is 4.82. The van der Waals surface area contributed by atoms with E-state index >= 15 is 0 Å². The van der Waals surface area contributed by atoms with Crippen molar-refractivity contribution in [2.75, 3.05) is 46.4 Å². The molecule has 0 radical (unpaired) electrons. The summed E-state index contributed by atoms with van der Waals surface area (Å²) in [4.78, 5) is 32.2. The van der Waals surface area contributed by atoms with Crippen LogP contribution in [-0.2, 0) is 4.79 Å². The van der Waals surface area contributed by atoms with Crippen molar-refractivity contribution in [2.45, 2.75) is 19.9 Å². The number of carbonyl (C=O) groups excluding carboxylic acids is 2. The Bertz CT molecular complexity index is 827. The minimum atomic E-state index is -0.287. The molecule has 1 saturated heterocycles. The van der Waals surface area contributed by atoms with Gasteiger partial charge in [-0.25, -0.2) is 0 Å². The zero-order chi connectivity index (χ0) is 21.5. The van der Waals surface area contributed by atoms with Crippen molar-refractivity contribution in [3.05, 3.63) is 65.7 Å². The summed E-state index contributed by atoms with van der Waals surface area (Å²) in [5, 5.41) is 0. The number of hydrogen-bond acceptors (Lipinski definition) is 4. The second-order valence-electron chi connectivity index (χ2n) is 7.38. The Hall–Kier alpha value is -2.86. The van der Waals surface area contributed by atoms with Crippen LogP contribution in [0.25, 0.3) is 0 Å². The van der Waals surface area contributed by atoms with Crippen LogP contribution in [0.15, 0.2) is 54.6 Å². The summed E-state index contributed by atoms with van der Waals surface area (Å²) >= 11 is 0. The van der Waals surface area contributed by atoms with Gasteiger partial charge in [-0.05, 0) is 42.9 Å². The molecule has 1 heterocycles. The largest absolute Gasteiger partial charge is 0.497 e. The van der Waals surface area contributed by atoms with Gasteiger partial charge in [0.05, 0.1) is 7.11 Å². The summed E-state index contributed by atoms with van der Waals surface area (Å²) in [5.41, 5.74) is 1.66. The zero-order valence-corrected chi connectivity index (χ0v) is 18.1. The lowest BCUT2D eigenvalue weighted by atomic mass is 10.0. The maximum absolute atomic E-state index is 13.4. The van der Waals surface area contributed by atoms with Crippen LogP contribution in [-0.4, -0.2) is 72.9 Å². The van der Waals surface area contributed by atoms with Gasteiger partial charge in [0.15, 0.2) is 0 Å². The van der Waals surface area contributed by atoms with Crippen molar-refractivity contribution in [1.29, 1.82) is 0 Å². The molecule has 1 atom stereocenters. The van der Waals surface area contributed by atoms with Gasteiger partial charge in [0, 0.05) is 31.7 Å². The van der Waals surface area contributed by atoms with Crippen molar-refractivity contribution in [3.8, 4) is 5.75 Å². The number of ether oxygens (including phenoxy) is 1. The minimum absolute atomic E-state index is 0.00638. The third-order valence-electron chi connectivity index (χ3n) is 5.74. The van der Waals surface area contributed by atoms with Crippen molar-refractivity contribution in [1.82, 2.24) is 14.7 Å². The lowest BCUT2D eigenvalue weighted by Crippen LogP contribution is -2.53. The van der Waals surface area contributed by atoms with E-state index in [0.717, 1.165) is 24.4 Å². The monoisotopic (exact) mass is 409 g/mol. The normalized spacial score (nSPS) is 15.2. The molecule has 1 aliphatic heterocycles. The number of nitrogens with zero attached hydrogens (tertiary/aromatic N) is 3. The highest BCUT2D eigenvalue weighted by Crippen LogP contribution is 2.24. The topological polar surface area (TPSA) is 53.1 Å². The van der Waals surface area contributed by atoms with Gasteiger partial charge in [-0.15, -0.1) is 0 Å². The molecule has 160 valence electrons. The Morgan fingerprint density at radius 2 is 1.47 bits per heavy atom. The molecule has 2 amide bonds. The first-order valence-electron chi connectivity index (χ1n) is 10.6. The van der Waals surface area contributed by atoms with Crippen LogP contribution in [0.2, 0.25) is 0 Å². The van der Waals surface area contributed by atoms with Crippen molar-refractivity contribution >= 4 is 11.8 Å². The highest BCUT2D eigenvalue weighted by Gasteiger charge is 2.32. The average Bonchev–Trinajstić information content (AvgIpc) is 2.82. The molecule has 30 heavy (non-hydrogen) atoms. The Balaban J connectivity index is 1.67. The molecular formula is C24H31N3O3. The van der Waals surface area contributed by atoms with Crippen molar-refractivity contribution < 1.29 is 14.3 Å². The first-order chi connectivity index (χ1) is 14.6. The second-order valence-corrected chi connectivity index (χ2v) is 7.38. The molecule has 2 aromatic rings. The van der Waals surface area contributed by atoms with Gasteiger partial charge in [-0.3, -0.25) is 14.5 Å². The quantitative estimate of drug-likeness (QED) is 0.705. The first kappa shape index (κ1) is 21.8. The van der Waals surface area contributed by atoms with E-state index < -0.39 is 0 Å². The summed E-state index contributed by atoms with van der Waals surface area (Å²) in [7, 11) is 1.61. The molecule has 1 fully saturated rings. The van der Waals surface area contributed by atoms with E-state index in [1.165, 1.54) is 0 Å². The van der Waals surface area contributed by atoms with E-state index in [2.05, 4.69) is 18.7 Å². The summed E-state index contributed by atoms with van der Waals surface area (Å²) in [6.45, 7) is 7.94. The first-order valence-corrected chi connectivity index (χ1v) is 10.6. The predicted molar refractivity (Wildman–Crippen MR) is 118 cm³/mol. The Morgan fingerprint density at radius 1 is 0.900 bits per heavy atom. The van der Waals surface area contributed by atoms with Gasteiger partial charge < -0.3 is 14.5 Å². The standard InChI is InChI=1S/C24H31N3O3/c1-4-25(5-2)22(19-9-7-6-8-10-19)24(29)27-17-15-26(16-18-27)23(28)20-11-13-21(30-3)14-12-20/h6-14,22H,4-5,15-18H2,1-3H3. The third-order valence-corrected chi connectivity index (χ3v) is 5.74. The Morgan fingerprint density at radius 3 is 2.00 bits per heavy atom. The van der Waals surface area contributed by atoms with Gasteiger partial charge in [0.1, 0.15) is 11.8 Å². The molecule has 0 aliphatic carbocycles. The van der Waals surface area contributed by atoms with E-state index in [9.17, 15) is 9.59 Å². The Labute approximate surface area is 179 Å². The highest BCUT2D eigenvalue weighted by molar-refractivity contribution is 5.94. The number of carbonyl (C=O) groups is 2. The number of hydrogen-bond donors (Lipinski definition) is 0. The molecule has 2 aromatic carbocycles. The van der Waals surface area contributed by atoms with Crippen LogP contribution in [0, 0.1) is 0 Å². The minimum Gasteiger partial charge on any atom is -0.497 e. The lowest BCUT2D eigenvalue weighted by molar-refractivity contribution is -0.138. The van der Waals surface area contributed by atoms with E-state index in [0.29, 0.717) is 31.7 Å². The highest BCUT2D eigenvalue weighted by atomic mass is 16.5. The smallest absolute Gasteiger partial charge is 0.253 e. The molecule has 3 rings (SSSR count). The van der Waals surface area contributed by atoms with Crippen LogP contribution in [0.1, 0.15) is 35.8 Å². The van der Waals surface area contributed by atoms with E-state index in [4.69, 9.17) is 4.74 Å². The molecule has 0 aromatic heterocycles. The molecule has 6 nitrogen and oxygen atoms in total. The van der Waals surface area contributed by atoms with E-state index in [1.807, 2.05) is 40.1 Å². The maximum atomic E-state index is 13.4. The van der Waals surface area contributed by atoms with E-state index in [-0.39, 0.29) is 17.9 Å². The lowest BCUT2D eigenvalue weighted by Gasteiger charge is -2.39. The molecule has 6 heteroatoms. The molecule has 0 N–H and O–H groups in total. The average molecular weight is 410 g/mol. The summed E-state index contributed by atoms with van der Waals surface area (Å²) in [5.74, 6) is 0.833. The van der Waals surface area contributed by atoms with Crippen LogP contribution < -0.4 is 4.74 Å². The molecule has 1 unspecified atom stereocenters. The predicted octanol–water partition coefficient (Wildman–Crippen LogP) is 3.06. The molecular weight excluding hydrogens is 378 g/mol. The molecule has 0 saturated carbocycles. The Kier molecular flexibility index (Phi) is 7.46. The van der Waals surface area contributed by atoms with Crippen LogP contribution >= 0.6 is 0 Å². The maximum Gasteiger partial charge on any atom is 0.253 e.